The van der Waals surface area contributed by atoms with Crippen LogP contribution in [0.1, 0.15) is 42.5 Å². The van der Waals surface area contributed by atoms with Gasteiger partial charge in [-0.25, -0.2) is 0 Å². The molecule has 1 saturated carbocycles. The van der Waals surface area contributed by atoms with Crippen LogP contribution in [-0.4, -0.2) is 23.2 Å². The predicted octanol–water partition coefficient (Wildman–Crippen LogP) is 2.87. The zero-order valence-electron chi connectivity index (χ0n) is 10.3. The number of rotatable bonds is 3. The van der Waals surface area contributed by atoms with Crippen LogP contribution >= 0.6 is 15.9 Å². The Hall–Kier alpha value is -0.870. The second-order valence-electron chi connectivity index (χ2n) is 4.95. The van der Waals surface area contributed by atoms with Crippen LogP contribution in [0.3, 0.4) is 0 Å². The highest BCUT2D eigenvalue weighted by molar-refractivity contribution is 9.10. The highest BCUT2D eigenvalue weighted by Gasteiger charge is 2.29. The van der Waals surface area contributed by atoms with E-state index in [1.807, 2.05) is 18.2 Å². The number of halogens is 1. The Morgan fingerprint density at radius 1 is 1.28 bits per heavy atom. The summed E-state index contributed by atoms with van der Waals surface area (Å²) in [5.74, 6) is -0.138. The summed E-state index contributed by atoms with van der Waals surface area (Å²) in [4.78, 5) is 12.0. The summed E-state index contributed by atoms with van der Waals surface area (Å²) in [5, 5.41) is 13.1. The molecule has 2 rings (SSSR count). The fourth-order valence-electron chi connectivity index (χ4n) is 2.37. The third-order valence-electron chi connectivity index (χ3n) is 3.48. The van der Waals surface area contributed by atoms with E-state index in [1.165, 1.54) is 6.42 Å². The van der Waals surface area contributed by atoms with Gasteiger partial charge >= 0.3 is 0 Å². The normalized spacial score (nSPS) is 18.3. The molecule has 1 fully saturated rings. The molecule has 0 unspecified atom stereocenters. The first kappa shape index (κ1) is 13.6. The molecule has 0 atom stereocenters. The fourth-order valence-corrected chi connectivity index (χ4v) is 2.84. The molecule has 0 heterocycles. The van der Waals surface area contributed by atoms with Gasteiger partial charge in [0.15, 0.2) is 0 Å². The lowest BCUT2D eigenvalue weighted by atomic mass is 9.85. The standard InChI is InChI=1S/C14H18BrNO2/c15-12-7-3-2-6-11(12)13(17)16-10-14(18)8-4-1-5-9-14/h2-3,6-7,18H,1,4-5,8-10H2,(H,16,17). The number of carbonyl (C=O) groups excluding carboxylic acids is 1. The summed E-state index contributed by atoms with van der Waals surface area (Å²) in [6.45, 7) is 0.340. The Kier molecular flexibility index (Phi) is 4.40. The number of carbonyl (C=O) groups is 1. The van der Waals surface area contributed by atoms with Gasteiger partial charge in [-0.05, 0) is 40.9 Å². The lowest BCUT2D eigenvalue weighted by Crippen LogP contribution is -2.44. The van der Waals surface area contributed by atoms with Gasteiger partial charge in [0.2, 0.25) is 0 Å². The molecule has 0 bridgehead atoms. The largest absolute Gasteiger partial charge is 0.388 e. The summed E-state index contributed by atoms with van der Waals surface area (Å²) >= 11 is 3.35. The van der Waals surface area contributed by atoms with Crippen molar-refractivity contribution in [2.45, 2.75) is 37.7 Å². The smallest absolute Gasteiger partial charge is 0.252 e. The molecule has 4 heteroatoms. The van der Waals surface area contributed by atoms with E-state index >= 15 is 0 Å². The van der Waals surface area contributed by atoms with Crippen LogP contribution in [0.5, 0.6) is 0 Å². The molecule has 1 aliphatic rings. The first-order chi connectivity index (χ1) is 8.61. The van der Waals surface area contributed by atoms with E-state index in [-0.39, 0.29) is 5.91 Å². The molecular weight excluding hydrogens is 294 g/mol. The molecule has 1 aliphatic carbocycles. The van der Waals surface area contributed by atoms with Gasteiger partial charge < -0.3 is 10.4 Å². The van der Waals surface area contributed by atoms with Crippen molar-refractivity contribution in [2.75, 3.05) is 6.54 Å². The monoisotopic (exact) mass is 311 g/mol. The van der Waals surface area contributed by atoms with Crippen molar-refractivity contribution in [3.05, 3.63) is 34.3 Å². The van der Waals surface area contributed by atoms with Crippen molar-refractivity contribution < 1.29 is 9.90 Å². The average Bonchev–Trinajstić information content (AvgIpc) is 2.38. The van der Waals surface area contributed by atoms with Gasteiger partial charge in [-0.2, -0.15) is 0 Å². The maximum Gasteiger partial charge on any atom is 0.252 e. The van der Waals surface area contributed by atoms with Gasteiger partial charge in [-0.15, -0.1) is 0 Å². The molecule has 0 aromatic heterocycles. The number of hydrogen-bond donors (Lipinski definition) is 2. The molecule has 3 nitrogen and oxygen atoms in total. The Balaban J connectivity index is 1.94. The quantitative estimate of drug-likeness (QED) is 0.901. The third kappa shape index (κ3) is 3.33. The maximum absolute atomic E-state index is 12.0. The second-order valence-corrected chi connectivity index (χ2v) is 5.80. The van der Waals surface area contributed by atoms with Crippen molar-refractivity contribution in [2.24, 2.45) is 0 Å². The summed E-state index contributed by atoms with van der Waals surface area (Å²) in [5.41, 5.74) is -0.105. The van der Waals surface area contributed by atoms with E-state index in [2.05, 4.69) is 21.2 Å². The Morgan fingerprint density at radius 2 is 1.94 bits per heavy atom. The van der Waals surface area contributed by atoms with Gasteiger partial charge in [0.1, 0.15) is 0 Å². The molecular formula is C14H18BrNO2. The first-order valence-electron chi connectivity index (χ1n) is 6.36. The number of amides is 1. The molecule has 0 aliphatic heterocycles. The van der Waals surface area contributed by atoms with Crippen molar-refractivity contribution in [3.63, 3.8) is 0 Å². The van der Waals surface area contributed by atoms with Crippen LogP contribution < -0.4 is 5.32 Å². The van der Waals surface area contributed by atoms with E-state index in [9.17, 15) is 9.90 Å². The van der Waals surface area contributed by atoms with Crippen LogP contribution in [-0.2, 0) is 0 Å². The summed E-state index contributed by atoms with van der Waals surface area (Å²) < 4.78 is 0.776. The number of hydrogen-bond acceptors (Lipinski definition) is 2. The predicted molar refractivity (Wildman–Crippen MR) is 74.5 cm³/mol. The van der Waals surface area contributed by atoms with Crippen molar-refractivity contribution >= 4 is 21.8 Å². The van der Waals surface area contributed by atoms with Crippen LogP contribution in [0.4, 0.5) is 0 Å². The van der Waals surface area contributed by atoms with Crippen LogP contribution in [0.2, 0.25) is 0 Å². The van der Waals surface area contributed by atoms with E-state index in [0.29, 0.717) is 12.1 Å². The Bertz CT molecular complexity index is 428. The van der Waals surface area contributed by atoms with E-state index in [1.54, 1.807) is 6.07 Å². The Labute approximate surface area is 116 Å². The zero-order chi connectivity index (χ0) is 13.0. The van der Waals surface area contributed by atoms with Gasteiger partial charge in [0.05, 0.1) is 11.2 Å². The maximum atomic E-state index is 12.0. The lowest BCUT2D eigenvalue weighted by Gasteiger charge is -2.32. The molecule has 0 spiro atoms. The molecule has 98 valence electrons. The topological polar surface area (TPSA) is 49.3 Å². The van der Waals surface area contributed by atoms with Gasteiger partial charge in [0, 0.05) is 11.0 Å². The number of aliphatic hydroxyl groups is 1. The van der Waals surface area contributed by atoms with Gasteiger partial charge in [0.25, 0.3) is 5.91 Å². The van der Waals surface area contributed by atoms with Crippen molar-refractivity contribution in [3.8, 4) is 0 Å². The zero-order valence-corrected chi connectivity index (χ0v) is 11.9. The highest BCUT2D eigenvalue weighted by Crippen LogP contribution is 2.27. The first-order valence-corrected chi connectivity index (χ1v) is 7.15. The van der Waals surface area contributed by atoms with E-state index < -0.39 is 5.60 Å². The van der Waals surface area contributed by atoms with E-state index in [4.69, 9.17) is 0 Å². The minimum Gasteiger partial charge on any atom is -0.388 e. The van der Waals surface area contributed by atoms with Gasteiger partial charge in [-0.1, -0.05) is 31.4 Å². The molecule has 0 saturated heterocycles. The Morgan fingerprint density at radius 3 is 2.61 bits per heavy atom. The summed E-state index contributed by atoms with van der Waals surface area (Å²) in [7, 11) is 0. The number of benzene rings is 1. The van der Waals surface area contributed by atoms with Crippen LogP contribution in [0, 0.1) is 0 Å². The molecule has 2 N–H and O–H groups in total. The minimum absolute atomic E-state index is 0.138. The van der Waals surface area contributed by atoms with Crippen molar-refractivity contribution in [1.29, 1.82) is 0 Å². The second kappa shape index (κ2) is 5.85. The SMILES string of the molecule is O=C(NCC1(O)CCCCC1)c1ccccc1Br. The number of nitrogens with one attached hydrogen (secondary N) is 1. The van der Waals surface area contributed by atoms with Crippen molar-refractivity contribution in [1.82, 2.24) is 5.32 Å². The minimum atomic E-state index is -0.713. The molecule has 0 radical (unpaired) electrons. The highest BCUT2D eigenvalue weighted by atomic mass is 79.9. The fraction of sp³-hybridized carbons (Fsp3) is 0.500. The molecule has 1 aromatic rings. The molecule has 1 aromatic carbocycles. The van der Waals surface area contributed by atoms with Crippen LogP contribution in [0.25, 0.3) is 0 Å². The lowest BCUT2D eigenvalue weighted by molar-refractivity contribution is 0.00525. The summed E-state index contributed by atoms with van der Waals surface area (Å²) in [6.07, 6.45) is 4.83. The molecule has 18 heavy (non-hydrogen) atoms. The molecule has 1 amide bonds. The van der Waals surface area contributed by atoms with Gasteiger partial charge in [-0.3, -0.25) is 4.79 Å². The third-order valence-corrected chi connectivity index (χ3v) is 4.17. The van der Waals surface area contributed by atoms with E-state index in [0.717, 1.165) is 30.2 Å². The van der Waals surface area contributed by atoms with Crippen LogP contribution in [0.15, 0.2) is 28.7 Å². The average molecular weight is 312 g/mol. The summed E-state index contributed by atoms with van der Waals surface area (Å²) in [6, 6.07) is 7.30.